The number of allylic oxidation sites excluding steroid dienone is 1. The smallest absolute Gasteiger partial charge is 0.270 e. The summed E-state index contributed by atoms with van der Waals surface area (Å²) in [6.45, 7) is 0.617. The van der Waals surface area contributed by atoms with Gasteiger partial charge in [0.25, 0.3) is 5.91 Å². The second-order valence-electron chi connectivity index (χ2n) is 6.38. The highest BCUT2D eigenvalue weighted by Crippen LogP contribution is 2.28. The molecule has 27 heavy (non-hydrogen) atoms. The van der Waals surface area contributed by atoms with Crippen molar-refractivity contribution >= 4 is 29.0 Å². The minimum absolute atomic E-state index is 0.204. The van der Waals surface area contributed by atoms with E-state index in [1.54, 1.807) is 25.3 Å². The van der Waals surface area contributed by atoms with Gasteiger partial charge in [-0.1, -0.05) is 23.3 Å². The SMILES string of the molecule is COc1ccc(Nc2cc(C(=O)NCCC3=CCCCC3)ncn2)cc1Cl. The summed E-state index contributed by atoms with van der Waals surface area (Å²) >= 11 is 6.13. The Hall–Kier alpha value is -2.60. The van der Waals surface area contributed by atoms with Gasteiger partial charge in [-0.15, -0.1) is 0 Å². The van der Waals surface area contributed by atoms with Gasteiger partial charge in [0.2, 0.25) is 0 Å². The molecule has 3 rings (SSSR count). The van der Waals surface area contributed by atoms with Crippen LogP contribution in [-0.2, 0) is 0 Å². The molecule has 142 valence electrons. The Morgan fingerprint density at radius 2 is 2.15 bits per heavy atom. The lowest BCUT2D eigenvalue weighted by molar-refractivity contribution is 0.0949. The monoisotopic (exact) mass is 386 g/mol. The van der Waals surface area contributed by atoms with Gasteiger partial charge < -0.3 is 15.4 Å². The molecule has 2 N–H and O–H groups in total. The number of benzene rings is 1. The Morgan fingerprint density at radius 1 is 1.26 bits per heavy atom. The Morgan fingerprint density at radius 3 is 2.89 bits per heavy atom. The molecule has 1 aliphatic carbocycles. The van der Waals surface area contributed by atoms with Crippen LogP contribution in [0.4, 0.5) is 11.5 Å². The van der Waals surface area contributed by atoms with Gasteiger partial charge in [0, 0.05) is 18.3 Å². The van der Waals surface area contributed by atoms with Crippen LogP contribution < -0.4 is 15.4 Å². The summed E-state index contributed by atoms with van der Waals surface area (Å²) in [6, 6.07) is 6.94. The molecule has 1 amide bonds. The number of aromatic nitrogens is 2. The molecule has 0 bridgehead atoms. The number of carbonyl (C=O) groups is 1. The molecule has 6 nitrogen and oxygen atoms in total. The highest BCUT2D eigenvalue weighted by atomic mass is 35.5. The third-order valence-electron chi connectivity index (χ3n) is 4.44. The average molecular weight is 387 g/mol. The molecule has 0 radical (unpaired) electrons. The van der Waals surface area contributed by atoms with Gasteiger partial charge in [-0.05, 0) is 50.3 Å². The molecule has 7 heteroatoms. The molecular formula is C20H23ClN4O2. The number of ether oxygens (including phenoxy) is 1. The van der Waals surface area contributed by atoms with E-state index in [9.17, 15) is 4.79 Å². The maximum Gasteiger partial charge on any atom is 0.270 e. The first-order valence-electron chi connectivity index (χ1n) is 9.04. The molecule has 1 aliphatic rings. The minimum atomic E-state index is -0.204. The number of carbonyl (C=O) groups excluding carboxylic acids is 1. The van der Waals surface area contributed by atoms with Gasteiger partial charge in [-0.3, -0.25) is 4.79 Å². The first-order valence-corrected chi connectivity index (χ1v) is 9.42. The maximum atomic E-state index is 12.3. The molecule has 0 saturated carbocycles. The minimum Gasteiger partial charge on any atom is -0.495 e. The molecule has 0 spiro atoms. The number of amides is 1. The quantitative estimate of drug-likeness (QED) is 0.685. The fraction of sp³-hybridized carbons (Fsp3) is 0.350. The number of halogens is 1. The van der Waals surface area contributed by atoms with Crippen molar-refractivity contribution in [2.75, 3.05) is 19.0 Å². The first-order chi connectivity index (χ1) is 13.2. The molecule has 0 fully saturated rings. The largest absolute Gasteiger partial charge is 0.495 e. The van der Waals surface area contributed by atoms with Crippen LogP contribution in [0.3, 0.4) is 0 Å². The summed E-state index contributed by atoms with van der Waals surface area (Å²) in [5.74, 6) is 0.911. The fourth-order valence-electron chi connectivity index (χ4n) is 3.00. The van der Waals surface area contributed by atoms with E-state index in [2.05, 4.69) is 26.7 Å². The summed E-state index contributed by atoms with van der Waals surface area (Å²) in [4.78, 5) is 20.6. The van der Waals surface area contributed by atoms with E-state index in [0.29, 0.717) is 28.8 Å². The van der Waals surface area contributed by atoms with Crippen molar-refractivity contribution in [2.24, 2.45) is 0 Å². The van der Waals surface area contributed by atoms with Crippen molar-refractivity contribution in [2.45, 2.75) is 32.1 Å². The van der Waals surface area contributed by atoms with Crippen molar-refractivity contribution in [1.82, 2.24) is 15.3 Å². The van der Waals surface area contributed by atoms with Crippen molar-refractivity contribution in [3.05, 3.63) is 53.0 Å². The number of hydrogen-bond donors (Lipinski definition) is 2. The van der Waals surface area contributed by atoms with Crippen molar-refractivity contribution < 1.29 is 9.53 Å². The van der Waals surface area contributed by atoms with Crippen LogP contribution in [0.25, 0.3) is 0 Å². The van der Waals surface area contributed by atoms with E-state index in [0.717, 1.165) is 24.9 Å². The van der Waals surface area contributed by atoms with E-state index in [-0.39, 0.29) is 5.91 Å². The number of nitrogens with one attached hydrogen (secondary N) is 2. The topological polar surface area (TPSA) is 76.1 Å². The Labute approximate surface area is 164 Å². The van der Waals surface area contributed by atoms with Gasteiger partial charge in [-0.25, -0.2) is 9.97 Å². The molecule has 0 aliphatic heterocycles. The lowest BCUT2D eigenvalue weighted by atomic mass is 9.97. The van der Waals surface area contributed by atoms with Crippen LogP contribution >= 0.6 is 11.6 Å². The van der Waals surface area contributed by atoms with Crippen LogP contribution in [0.5, 0.6) is 5.75 Å². The van der Waals surface area contributed by atoms with Crippen LogP contribution in [0, 0.1) is 0 Å². The Bertz CT molecular complexity index is 838. The van der Waals surface area contributed by atoms with Crippen LogP contribution in [0.2, 0.25) is 5.02 Å². The van der Waals surface area contributed by atoms with Gasteiger partial charge >= 0.3 is 0 Å². The van der Waals surface area contributed by atoms with Crippen molar-refractivity contribution in [3.63, 3.8) is 0 Å². The third-order valence-corrected chi connectivity index (χ3v) is 4.74. The highest BCUT2D eigenvalue weighted by molar-refractivity contribution is 6.32. The summed E-state index contributed by atoms with van der Waals surface area (Å²) in [5, 5.41) is 6.54. The van der Waals surface area contributed by atoms with Gasteiger partial charge in [0.1, 0.15) is 23.6 Å². The molecule has 1 aromatic carbocycles. The van der Waals surface area contributed by atoms with Crippen molar-refractivity contribution in [1.29, 1.82) is 0 Å². The Balaban J connectivity index is 1.58. The number of methoxy groups -OCH3 is 1. The summed E-state index contributed by atoms with van der Waals surface area (Å²) < 4.78 is 5.14. The molecule has 2 aromatic rings. The zero-order valence-corrected chi connectivity index (χ0v) is 16.1. The van der Waals surface area contributed by atoms with E-state index in [4.69, 9.17) is 16.3 Å². The summed E-state index contributed by atoms with van der Waals surface area (Å²) in [7, 11) is 1.56. The van der Waals surface area contributed by atoms with E-state index in [1.165, 1.54) is 24.7 Å². The highest BCUT2D eigenvalue weighted by Gasteiger charge is 2.10. The second kappa shape index (κ2) is 9.37. The third kappa shape index (κ3) is 5.44. The van der Waals surface area contributed by atoms with E-state index < -0.39 is 0 Å². The molecular weight excluding hydrogens is 364 g/mol. The van der Waals surface area contributed by atoms with Gasteiger partial charge in [0.05, 0.1) is 12.1 Å². The van der Waals surface area contributed by atoms with Crippen LogP contribution in [0.1, 0.15) is 42.6 Å². The van der Waals surface area contributed by atoms with Crippen molar-refractivity contribution in [3.8, 4) is 5.75 Å². The standard InChI is InChI=1S/C20H23ClN4O2/c1-27-18-8-7-15(11-16(18)21)25-19-12-17(23-13-24-19)20(26)22-10-9-14-5-3-2-4-6-14/h5,7-8,11-13H,2-4,6,9-10H2,1H3,(H,22,26)(H,23,24,25). The summed E-state index contributed by atoms with van der Waals surface area (Å²) in [6.07, 6.45) is 9.37. The molecule has 1 aromatic heterocycles. The zero-order chi connectivity index (χ0) is 19.1. The molecule has 0 atom stereocenters. The van der Waals surface area contributed by atoms with E-state index >= 15 is 0 Å². The first kappa shape index (κ1) is 19.2. The number of hydrogen-bond acceptors (Lipinski definition) is 5. The van der Waals surface area contributed by atoms with Gasteiger partial charge in [-0.2, -0.15) is 0 Å². The normalized spacial score (nSPS) is 13.6. The zero-order valence-electron chi connectivity index (χ0n) is 15.3. The van der Waals surface area contributed by atoms with Crippen LogP contribution in [-0.4, -0.2) is 29.5 Å². The molecule has 1 heterocycles. The summed E-state index contributed by atoms with van der Waals surface area (Å²) in [5.41, 5.74) is 2.50. The number of nitrogens with zero attached hydrogens (tertiary/aromatic N) is 2. The second-order valence-corrected chi connectivity index (χ2v) is 6.78. The number of anilines is 2. The number of rotatable bonds is 7. The van der Waals surface area contributed by atoms with E-state index in [1.807, 2.05) is 6.07 Å². The lowest BCUT2D eigenvalue weighted by Gasteiger charge is -2.13. The molecule has 0 saturated heterocycles. The van der Waals surface area contributed by atoms with Crippen LogP contribution in [0.15, 0.2) is 42.2 Å². The van der Waals surface area contributed by atoms with Gasteiger partial charge in [0.15, 0.2) is 0 Å². The predicted molar refractivity (Wildman–Crippen MR) is 107 cm³/mol. The fourth-order valence-corrected chi connectivity index (χ4v) is 3.26. The Kier molecular flexibility index (Phi) is 6.65. The predicted octanol–water partition coefficient (Wildman–Crippen LogP) is 4.50. The maximum absolute atomic E-state index is 12.3. The lowest BCUT2D eigenvalue weighted by Crippen LogP contribution is -2.26. The average Bonchev–Trinajstić information content (AvgIpc) is 2.69. The molecule has 0 unspecified atom stereocenters.